The third-order valence-electron chi connectivity index (χ3n) is 3.67. The standard InChI is InChI=1S/C18H13BrClI/c1-11-5-4-8-15(18(11)21)17(20)14-9-10-16(19)13-7-3-2-6-12(13)14/h2-10,17H,1H3. The van der Waals surface area contributed by atoms with E-state index in [1.54, 1.807) is 0 Å². The molecule has 0 saturated heterocycles. The van der Waals surface area contributed by atoms with E-state index in [2.05, 4.69) is 100 Å². The lowest BCUT2D eigenvalue weighted by atomic mass is 9.97. The smallest absolute Gasteiger partial charge is 0.0851 e. The lowest BCUT2D eigenvalue weighted by Crippen LogP contribution is -1.99. The Balaban J connectivity index is 2.21. The molecule has 3 aromatic carbocycles. The number of fused-ring (bicyclic) bond motifs is 1. The summed E-state index contributed by atoms with van der Waals surface area (Å²) in [5.41, 5.74) is 3.59. The topological polar surface area (TPSA) is 0 Å². The van der Waals surface area contributed by atoms with Crippen molar-refractivity contribution in [3.05, 3.63) is 79.3 Å². The van der Waals surface area contributed by atoms with Gasteiger partial charge in [-0.05, 0) is 63.0 Å². The lowest BCUT2D eigenvalue weighted by molar-refractivity contribution is 1.13. The van der Waals surface area contributed by atoms with Crippen molar-refractivity contribution in [1.29, 1.82) is 0 Å². The maximum absolute atomic E-state index is 6.82. The van der Waals surface area contributed by atoms with Crippen LogP contribution in [0.25, 0.3) is 10.8 Å². The zero-order valence-electron chi connectivity index (χ0n) is 11.4. The number of hydrogen-bond donors (Lipinski definition) is 0. The van der Waals surface area contributed by atoms with E-state index in [1.165, 1.54) is 25.5 Å². The van der Waals surface area contributed by atoms with Crippen LogP contribution in [0.3, 0.4) is 0 Å². The molecule has 3 rings (SSSR count). The fourth-order valence-corrected chi connectivity index (χ4v) is 4.25. The second kappa shape index (κ2) is 6.27. The molecular weight excluding hydrogens is 458 g/mol. The zero-order valence-corrected chi connectivity index (χ0v) is 15.9. The molecule has 0 bridgehead atoms. The van der Waals surface area contributed by atoms with Crippen LogP contribution < -0.4 is 0 Å². The van der Waals surface area contributed by atoms with Gasteiger partial charge in [-0.2, -0.15) is 0 Å². The van der Waals surface area contributed by atoms with E-state index in [4.69, 9.17) is 11.6 Å². The second-order valence-corrected chi connectivity index (χ2v) is 7.39. The Labute approximate surface area is 151 Å². The Kier molecular flexibility index (Phi) is 4.57. The first-order chi connectivity index (χ1) is 10.1. The van der Waals surface area contributed by atoms with Crippen LogP contribution in [0.5, 0.6) is 0 Å². The molecule has 1 unspecified atom stereocenters. The van der Waals surface area contributed by atoms with Crippen LogP contribution in [-0.2, 0) is 0 Å². The third-order valence-corrected chi connectivity index (χ3v) is 6.31. The van der Waals surface area contributed by atoms with Crippen LogP contribution in [0, 0.1) is 10.5 Å². The van der Waals surface area contributed by atoms with Gasteiger partial charge in [0.2, 0.25) is 0 Å². The van der Waals surface area contributed by atoms with Crippen molar-refractivity contribution in [2.75, 3.05) is 0 Å². The summed E-state index contributed by atoms with van der Waals surface area (Å²) in [6.07, 6.45) is 0. The molecular formula is C18H13BrClI. The van der Waals surface area contributed by atoms with Gasteiger partial charge >= 0.3 is 0 Å². The third kappa shape index (κ3) is 2.86. The van der Waals surface area contributed by atoms with Crippen LogP contribution in [0.15, 0.2) is 59.1 Å². The fourth-order valence-electron chi connectivity index (χ4n) is 2.54. The van der Waals surface area contributed by atoms with Gasteiger partial charge in [-0.1, -0.05) is 64.5 Å². The van der Waals surface area contributed by atoms with Gasteiger partial charge in [-0.3, -0.25) is 0 Å². The van der Waals surface area contributed by atoms with Gasteiger partial charge in [0, 0.05) is 8.04 Å². The van der Waals surface area contributed by atoms with Crippen molar-refractivity contribution in [3.63, 3.8) is 0 Å². The SMILES string of the molecule is Cc1cccc(C(Cl)c2ccc(Br)c3ccccc23)c1I. The maximum Gasteiger partial charge on any atom is 0.0851 e. The number of hydrogen-bond acceptors (Lipinski definition) is 0. The largest absolute Gasteiger partial charge is 0.113 e. The normalized spacial score (nSPS) is 12.6. The highest BCUT2D eigenvalue weighted by molar-refractivity contribution is 14.1. The van der Waals surface area contributed by atoms with Gasteiger partial charge in [0.25, 0.3) is 0 Å². The first-order valence-electron chi connectivity index (χ1n) is 6.66. The van der Waals surface area contributed by atoms with Gasteiger partial charge in [-0.15, -0.1) is 11.6 Å². The minimum Gasteiger partial charge on any atom is -0.113 e. The molecule has 0 nitrogen and oxygen atoms in total. The summed E-state index contributed by atoms with van der Waals surface area (Å²) >= 11 is 12.8. The van der Waals surface area contributed by atoms with E-state index in [9.17, 15) is 0 Å². The summed E-state index contributed by atoms with van der Waals surface area (Å²) in [5.74, 6) is 0. The van der Waals surface area contributed by atoms with Crippen LogP contribution in [0.1, 0.15) is 22.1 Å². The quantitative estimate of drug-likeness (QED) is 0.283. The monoisotopic (exact) mass is 470 g/mol. The lowest BCUT2D eigenvalue weighted by Gasteiger charge is -2.16. The minimum absolute atomic E-state index is 0.144. The second-order valence-electron chi connectivity index (χ2n) is 5.02. The molecule has 3 aromatic rings. The van der Waals surface area contributed by atoms with Gasteiger partial charge in [0.15, 0.2) is 0 Å². The van der Waals surface area contributed by atoms with Gasteiger partial charge in [-0.25, -0.2) is 0 Å². The number of benzene rings is 3. The van der Waals surface area contributed by atoms with Crippen LogP contribution in [0.4, 0.5) is 0 Å². The highest BCUT2D eigenvalue weighted by Gasteiger charge is 2.17. The molecule has 0 N–H and O–H groups in total. The Morgan fingerprint density at radius 3 is 2.38 bits per heavy atom. The fraction of sp³-hybridized carbons (Fsp3) is 0.111. The van der Waals surface area contributed by atoms with Gasteiger partial charge < -0.3 is 0 Å². The molecule has 0 heterocycles. The van der Waals surface area contributed by atoms with Crippen LogP contribution in [-0.4, -0.2) is 0 Å². The zero-order chi connectivity index (χ0) is 15.0. The summed E-state index contributed by atoms with van der Waals surface area (Å²) in [6.45, 7) is 2.12. The first kappa shape index (κ1) is 15.3. The van der Waals surface area contributed by atoms with E-state index >= 15 is 0 Å². The first-order valence-corrected chi connectivity index (χ1v) is 8.96. The Hall–Kier alpha value is -0.580. The average molecular weight is 472 g/mol. The molecule has 0 fully saturated rings. The number of aryl methyl sites for hydroxylation is 1. The summed E-state index contributed by atoms with van der Waals surface area (Å²) in [5, 5.41) is 2.25. The summed E-state index contributed by atoms with van der Waals surface area (Å²) in [4.78, 5) is 0. The van der Waals surface area contributed by atoms with Crippen molar-refractivity contribution in [3.8, 4) is 0 Å². The molecule has 21 heavy (non-hydrogen) atoms. The number of halogens is 3. The number of alkyl halides is 1. The van der Waals surface area contributed by atoms with E-state index in [-0.39, 0.29) is 5.38 Å². The van der Waals surface area contributed by atoms with Crippen LogP contribution >= 0.6 is 50.1 Å². The predicted molar refractivity (Wildman–Crippen MR) is 103 cm³/mol. The Morgan fingerprint density at radius 1 is 0.905 bits per heavy atom. The van der Waals surface area contributed by atoms with Gasteiger partial charge in [0.1, 0.15) is 0 Å². The maximum atomic E-state index is 6.82. The summed E-state index contributed by atoms with van der Waals surface area (Å²) in [7, 11) is 0. The van der Waals surface area contributed by atoms with E-state index in [0.717, 1.165) is 10.0 Å². The highest BCUT2D eigenvalue weighted by atomic mass is 127. The van der Waals surface area contributed by atoms with Crippen molar-refractivity contribution < 1.29 is 0 Å². The molecule has 0 aliphatic rings. The van der Waals surface area contributed by atoms with Crippen molar-refractivity contribution >= 4 is 60.9 Å². The molecule has 0 aliphatic heterocycles. The minimum atomic E-state index is -0.144. The molecule has 0 amide bonds. The average Bonchev–Trinajstić information content (AvgIpc) is 2.50. The van der Waals surface area contributed by atoms with Crippen molar-refractivity contribution in [1.82, 2.24) is 0 Å². The predicted octanol–water partition coefficient (Wildman–Crippen LogP) is 6.84. The molecule has 106 valence electrons. The molecule has 0 saturated carbocycles. The number of rotatable bonds is 2. The van der Waals surface area contributed by atoms with E-state index in [0.29, 0.717) is 0 Å². The Bertz CT molecular complexity index is 813. The van der Waals surface area contributed by atoms with Crippen molar-refractivity contribution in [2.45, 2.75) is 12.3 Å². The summed E-state index contributed by atoms with van der Waals surface area (Å²) < 4.78 is 2.34. The molecule has 3 heteroatoms. The molecule has 0 aromatic heterocycles. The van der Waals surface area contributed by atoms with E-state index in [1.807, 2.05) is 0 Å². The van der Waals surface area contributed by atoms with Crippen molar-refractivity contribution in [2.24, 2.45) is 0 Å². The van der Waals surface area contributed by atoms with Gasteiger partial charge in [0.05, 0.1) is 5.38 Å². The summed E-state index contributed by atoms with van der Waals surface area (Å²) in [6, 6.07) is 18.9. The molecule has 0 aliphatic carbocycles. The molecule has 0 spiro atoms. The molecule has 1 atom stereocenters. The highest BCUT2D eigenvalue weighted by Crippen LogP contribution is 2.38. The molecule has 0 radical (unpaired) electrons. The van der Waals surface area contributed by atoms with E-state index < -0.39 is 0 Å². The Morgan fingerprint density at radius 2 is 1.62 bits per heavy atom. The van der Waals surface area contributed by atoms with Crippen LogP contribution in [0.2, 0.25) is 0 Å².